The fourth-order valence-corrected chi connectivity index (χ4v) is 4.93. The number of ether oxygens (including phenoxy) is 1. The Balaban J connectivity index is 1.37. The zero-order chi connectivity index (χ0) is 21.5. The summed E-state index contributed by atoms with van der Waals surface area (Å²) in [6, 6.07) is 12.3. The van der Waals surface area contributed by atoms with Gasteiger partial charge in [0.15, 0.2) is 0 Å². The average Bonchev–Trinajstić information content (AvgIpc) is 3.15. The number of carbonyl (C=O) groups excluding carboxylic acids is 1. The number of nitrogens with zero attached hydrogens (tertiary/aromatic N) is 2. The zero-order valence-electron chi connectivity index (χ0n) is 18.5. The number of piperidine rings is 1. The van der Waals surface area contributed by atoms with Crippen LogP contribution in [0, 0.1) is 13.8 Å². The van der Waals surface area contributed by atoms with Crippen LogP contribution in [0.15, 0.2) is 36.4 Å². The van der Waals surface area contributed by atoms with Gasteiger partial charge in [-0.2, -0.15) is 0 Å². The topological polar surface area (TPSA) is 42.4 Å². The molecule has 0 radical (unpaired) electrons. The molecule has 1 saturated heterocycles. The van der Waals surface area contributed by atoms with Crippen molar-refractivity contribution in [2.75, 3.05) is 13.1 Å². The molecule has 1 aliphatic rings. The second-order valence-electron chi connectivity index (χ2n) is 9.29. The first kappa shape index (κ1) is 20.9. The Morgan fingerprint density at radius 2 is 1.67 bits per heavy atom. The molecule has 1 amide bonds. The Morgan fingerprint density at radius 1 is 1.03 bits per heavy atom. The lowest BCUT2D eigenvalue weighted by molar-refractivity contribution is 0.0595. The Kier molecular flexibility index (Phi) is 5.58. The second kappa shape index (κ2) is 8.03. The first-order chi connectivity index (χ1) is 14.2. The van der Waals surface area contributed by atoms with Crippen LogP contribution in [-0.2, 0) is 5.41 Å². The van der Waals surface area contributed by atoms with Crippen molar-refractivity contribution in [2.24, 2.45) is 0 Å². The average molecular weight is 423 g/mol. The molecule has 0 N–H and O–H groups in total. The highest BCUT2D eigenvalue weighted by atomic mass is 32.1. The standard InChI is InChI=1S/C25H30N2O2S/c1-16-6-7-17(2)22-21(16)26-24(30-22)29-20-12-14-27(15-13-20)23(28)18-8-10-19(11-9-18)25(3,4)5/h6-11,20H,12-15H2,1-5H3. The van der Waals surface area contributed by atoms with Crippen molar-refractivity contribution >= 4 is 27.5 Å². The van der Waals surface area contributed by atoms with Gasteiger partial charge in [-0.1, -0.05) is 56.4 Å². The lowest BCUT2D eigenvalue weighted by Gasteiger charge is -2.31. The largest absolute Gasteiger partial charge is 0.467 e. The highest BCUT2D eigenvalue weighted by molar-refractivity contribution is 7.20. The number of hydrogen-bond acceptors (Lipinski definition) is 4. The summed E-state index contributed by atoms with van der Waals surface area (Å²) in [5, 5.41) is 0.741. The highest BCUT2D eigenvalue weighted by Crippen LogP contribution is 2.33. The van der Waals surface area contributed by atoms with E-state index < -0.39 is 0 Å². The van der Waals surface area contributed by atoms with Gasteiger partial charge >= 0.3 is 0 Å². The highest BCUT2D eigenvalue weighted by Gasteiger charge is 2.26. The number of thiazole rings is 1. The van der Waals surface area contributed by atoms with Gasteiger partial charge in [-0.05, 0) is 48.1 Å². The second-order valence-corrected chi connectivity index (χ2v) is 10.3. The van der Waals surface area contributed by atoms with Crippen molar-refractivity contribution in [3.05, 3.63) is 58.7 Å². The summed E-state index contributed by atoms with van der Waals surface area (Å²) in [7, 11) is 0. The summed E-state index contributed by atoms with van der Waals surface area (Å²) in [5.41, 5.74) is 5.56. The van der Waals surface area contributed by atoms with Gasteiger partial charge < -0.3 is 9.64 Å². The van der Waals surface area contributed by atoms with E-state index in [1.54, 1.807) is 11.3 Å². The van der Waals surface area contributed by atoms with Gasteiger partial charge in [-0.25, -0.2) is 4.98 Å². The van der Waals surface area contributed by atoms with Gasteiger partial charge in [0.1, 0.15) is 6.10 Å². The van der Waals surface area contributed by atoms with E-state index in [9.17, 15) is 4.79 Å². The lowest BCUT2D eigenvalue weighted by Crippen LogP contribution is -2.41. The maximum absolute atomic E-state index is 12.9. The summed E-state index contributed by atoms with van der Waals surface area (Å²) < 4.78 is 7.41. The zero-order valence-corrected chi connectivity index (χ0v) is 19.3. The summed E-state index contributed by atoms with van der Waals surface area (Å²) in [5.74, 6) is 0.111. The molecule has 0 saturated carbocycles. The number of rotatable bonds is 3. The van der Waals surface area contributed by atoms with Crippen LogP contribution >= 0.6 is 11.3 Å². The van der Waals surface area contributed by atoms with Crippen LogP contribution < -0.4 is 4.74 Å². The van der Waals surface area contributed by atoms with E-state index in [1.165, 1.54) is 21.4 Å². The van der Waals surface area contributed by atoms with Crippen LogP contribution in [0.1, 0.15) is 60.7 Å². The summed E-state index contributed by atoms with van der Waals surface area (Å²) in [6.07, 6.45) is 1.78. The Bertz CT molecular complexity index is 1020. The molecule has 1 aliphatic heterocycles. The number of fused-ring (bicyclic) bond motifs is 1. The Labute approximate surface area is 182 Å². The third kappa shape index (κ3) is 4.22. The van der Waals surface area contributed by atoms with Crippen molar-refractivity contribution < 1.29 is 9.53 Å². The molecule has 1 aromatic heterocycles. The minimum absolute atomic E-state index is 0.0922. The molecule has 30 heavy (non-hydrogen) atoms. The molecule has 1 fully saturated rings. The summed E-state index contributed by atoms with van der Waals surface area (Å²) >= 11 is 1.63. The van der Waals surface area contributed by atoms with E-state index in [0.717, 1.165) is 29.1 Å². The lowest BCUT2D eigenvalue weighted by atomic mass is 9.86. The monoisotopic (exact) mass is 422 g/mol. The minimum atomic E-state index is 0.0922. The van der Waals surface area contributed by atoms with Gasteiger partial charge in [-0.15, -0.1) is 0 Å². The molecule has 2 heterocycles. The van der Waals surface area contributed by atoms with Crippen LogP contribution in [0.2, 0.25) is 0 Å². The van der Waals surface area contributed by atoms with Crippen LogP contribution in [0.25, 0.3) is 10.2 Å². The third-order valence-electron chi connectivity index (χ3n) is 5.92. The summed E-state index contributed by atoms with van der Waals surface area (Å²) in [4.78, 5) is 19.5. The SMILES string of the molecule is Cc1ccc(C)c2sc(OC3CCN(C(=O)c4ccc(C(C)(C)C)cc4)CC3)nc12. The van der Waals surface area contributed by atoms with Crippen molar-refractivity contribution in [1.82, 2.24) is 9.88 Å². The Morgan fingerprint density at radius 3 is 2.27 bits per heavy atom. The van der Waals surface area contributed by atoms with Crippen LogP contribution in [0.4, 0.5) is 0 Å². The minimum Gasteiger partial charge on any atom is -0.467 e. The van der Waals surface area contributed by atoms with Gasteiger partial charge in [0, 0.05) is 31.5 Å². The number of benzene rings is 2. The van der Waals surface area contributed by atoms with Crippen molar-refractivity contribution in [3.63, 3.8) is 0 Å². The molecule has 0 bridgehead atoms. The van der Waals surface area contributed by atoms with Gasteiger partial charge in [0.05, 0.1) is 10.2 Å². The first-order valence-corrected chi connectivity index (χ1v) is 11.5. The van der Waals surface area contributed by atoms with E-state index in [-0.39, 0.29) is 17.4 Å². The first-order valence-electron chi connectivity index (χ1n) is 10.7. The number of hydrogen-bond donors (Lipinski definition) is 0. The molecule has 0 unspecified atom stereocenters. The van der Waals surface area contributed by atoms with Crippen LogP contribution in [0.3, 0.4) is 0 Å². The normalized spacial score (nSPS) is 15.6. The molecule has 5 heteroatoms. The van der Waals surface area contributed by atoms with Gasteiger partial charge in [-0.3, -0.25) is 4.79 Å². The fourth-order valence-electron chi connectivity index (χ4n) is 3.90. The van der Waals surface area contributed by atoms with Crippen molar-refractivity contribution in [1.29, 1.82) is 0 Å². The molecule has 0 atom stereocenters. The molecule has 158 valence electrons. The summed E-state index contributed by atoms with van der Waals surface area (Å²) in [6.45, 7) is 12.2. The van der Waals surface area contributed by atoms with E-state index >= 15 is 0 Å². The molecule has 3 aromatic rings. The maximum Gasteiger partial charge on any atom is 0.274 e. The fraction of sp³-hybridized carbons (Fsp3) is 0.440. The predicted molar refractivity (Wildman–Crippen MR) is 124 cm³/mol. The van der Waals surface area contributed by atoms with Crippen molar-refractivity contribution in [2.45, 2.75) is 59.0 Å². The molecule has 0 aliphatic carbocycles. The number of aromatic nitrogens is 1. The maximum atomic E-state index is 12.9. The quantitative estimate of drug-likeness (QED) is 0.528. The molecular formula is C25H30N2O2S. The molecule has 2 aromatic carbocycles. The van der Waals surface area contributed by atoms with Crippen LogP contribution in [-0.4, -0.2) is 35.0 Å². The van der Waals surface area contributed by atoms with E-state index in [0.29, 0.717) is 13.1 Å². The number of aryl methyl sites for hydroxylation is 2. The van der Waals surface area contributed by atoms with E-state index in [2.05, 4.69) is 58.9 Å². The molecular weight excluding hydrogens is 392 g/mol. The smallest absolute Gasteiger partial charge is 0.274 e. The molecule has 4 nitrogen and oxygen atoms in total. The van der Waals surface area contributed by atoms with E-state index in [1.807, 2.05) is 17.0 Å². The Hall–Kier alpha value is -2.40. The van der Waals surface area contributed by atoms with Crippen LogP contribution in [0.5, 0.6) is 5.19 Å². The predicted octanol–water partition coefficient (Wildman–Crippen LogP) is 5.89. The molecule has 0 spiro atoms. The number of likely N-dealkylation sites (tertiary alicyclic amines) is 1. The van der Waals surface area contributed by atoms with Gasteiger partial charge in [0.25, 0.3) is 11.1 Å². The van der Waals surface area contributed by atoms with Crippen molar-refractivity contribution in [3.8, 4) is 5.19 Å². The molecule has 4 rings (SSSR count). The van der Waals surface area contributed by atoms with E-state index in [4.69, 9.17) is 9.72 Å². The number of carbonyl (C=O) groups is 1. The number of amides is 1. The third-order valence-corrected chi connectivity index (χ3v) is 7.00. The van der Waals surface area contributed by atoms with Gasteiger partial charge in [0.2, 0.25) is 0 Å².